The molecule has 0 spiro atoms. The number of allylic oxidation sites excluding steroid dienone is 1. The molecular weight excluding hydrogens is 174 g/mol. The molecule has 0 unspecified atom stereocenters. The van der Waals surface area contributed by atoms with Gasteiger partial charge >= 0.3 is 0 Å². The van der Waals surface area contributed by atoms with Crippen molar-refractivity contribution in [3.8, 4) is 0 Å². The van der Waals surface area contributed by atoms with Crippen molar-refractivity contribution >= 4 is 5.78 Å². The van der Waals surface area contributed by atoms with E-state index in [1.807, 2.05) is 13.8 Å². The van der Waals surface area contributed by atoms with Gasteiger partial charge in [0.05, 0.1) is 5.54 Å². The number of carbonyl (C=O) groups excluding carboxylic acids is 1. The average Bonchev–Trinajstić information content (AvgIpc) is 2.15. The minimum absolute atomic E-state index is 0.307. The monoisotopic (exact) mass is 197 g/mol. The van der Waals surface area contributed by atoms with Gasteiger partial charge in [0.1, 0.15) is 0 Å². The van der Waals surface area contributed by atoms with Crippen molar-refractivity contribution < 1.29 is 4.79 Å². The van der Waals surface area contributed by atoms with Crippen LogP contribution in [0.25, 0.3) is 0 Å². The Balaban J connectivity index is 4.40. The van der Waals surface area contributed by atoms with Crippen LogP contribution in [-0.2, 0) is 4.79 Å². The zero-order valence-electron chi connectivity index (χ0n) is 9.97. The first kappa shape index (κ1) is 13.4. The van der Waals surface area contributed by atoms with E-state index < -0.39 is 0 Å². The maximum absolute atomic E-state index is 11.9. The summed E-state index contributed by atoms with van der Waals surface area (Å²) in [5.74, 6) is 0.307. The topological polar surface area (TPSA) is 20.3 Å². The number of hydrogen-bond donors (Lipinski definition) is 0. The number of rotatable bonds is 7. The molecule has 0 saturated carbocycles. The summed E-state index contributed by atoms with van der Waals surface area (Å²) in [4.78, 5) is 14.1. The Morgan fingerprint density at radius 3 is 2.21 bits per heavy atom. The molecule has 0 aromatic rings. The predicted molar refractivity (Wildman–Crippen MR) is 61.4 cm³/mol. The molecule has 0 aromatic heterocycles. The van der Waals surface area contributed by atoms with E-state index in [0.29, 0.717) is 12.2 Å². The number of nitrogens with zero attached hydrogens (tertiary/aromatic N) is 1. The number of Topliss-reactive ketones (excluding diaryl/α,β-unsaturated/α-hetero) is 1. The average molecular weight is 197 g/mol. The third kappa shape index (κ3) is 3.26. The van der Waals surface area contributed by atoms with Crippen molar-refractivity contribution in [3.05, 3.63) is 12.7 Å². The molecule has 2 heteroatoms. The molecule has 0 saturated heterocycles. The van der Waals surface area contributed by atoms with E-state index in [2.05, 4.69) is 25.3 Å². The van der Waals surface area contributed by atoms with Crippen LogP contribution in [0, 0.1) is 0 Å². The van der Waals surface area contributed by atoms with Crippen molar-refractivity contribution in [1.29, 1.82) is 0 Å². The van der Waals surface area contributed by atoms with E-state index in [0.717, 1.165) is 19.5 Å². The van der Waals surface area contributed by atoms with Crippen LogP contribution >= 0.6 is 0 Å². The third-order valence-electron chi connectivity index (χ3n) is 2.81. The fourth-order valence-corrected chi connectivity index (χ4v) is 1.73. The van der Waals surface area contributed by atoms with Gasteiger partial charge in [0.2, 0.25) is 0 Å². The van der Waals surface area contributed by atoms with Crippen LogP contribution in [0.15, 0.2) is 12.7 Å². The highest BCUT2D eigenvalue weighted by molar-refractivity contribution is 5.87. The molecular formula is C12H23NO. The molecule has 0 aromatic carbocycles. The van der Waals surface area contributed by atoms with Gasteiger partial charge in [-0.2, -0.15) is 0 Å². The number of likely N-dealkylation sites (N-methyl/N-ethyl adjacent to an activating group) is 1. The molecule has 0 aliphatic carbocycles. The van der Waals surface area contributed by atoms with Crippen LogP contribution in [0.3, 0.4) is 0 Å². The summed E-state index contributed by atoms with van der Waals surface area (Å²) in [7, 11) is 0. The van der Waals surface area contributed by atoms with E-state index in [4.69, 9.17) is 0 Å². The quantitative estimate of drug-likeness (QED) is 0.585. The molecule has 0 N–H and O–H groups in total. The molecule has 0 bridgehead atoms. The summed E-state index contributed by atoms with van der Waals surface area (Å²) in [6.45, 7) is 13.7. The van der Waals surface area contributed by atoms with Crippen molar-refractivity contribution in [2.24, 2.45) is 0 Å². The lowest BCUT2D eigenvalue weighted by molar-refractivity contribution is -0.129. The molecule has 0 aliphatic heterocycles. The van der Waals surface area contributed by atoms with Gasteiger partial charge in [-0.25, -0.2) is 0 Å². The molecule has 0 heterocycles. The van der Waals surface area contributed by atoms with Crippen LogP contribution in [-0.4, -0.2) is 29.3 Å². The van der Waals surface area contributed by atoms with E-state index in [9.17, 15) is 4.79 Å². The fraction of sp³-hybridized carbons (Fsp3) is 0.750. The van der Waals surface area contributed by atoms with E-state index in [1.54, 1.807) is 6.08 Å². The van der Waals surface area contributed by atoms with Crippen molar-refractivity contribution in [3.63, 3.8) is 0 Å². The normalized spacial score (nSPS) is 11.8. The smallest absolute Gasteiger partial charge is 0.152 e. The second-order valence-corrected chi connectivity index (χ2v) is 3.98. The highest BCUT2D eigenvalue weighted by Gasteiger charge is 2.31. The van der Waals surface area contributed by atoms with Crippen molar-refractivity contribution in [1.82, 2.24) is 4.90 Å². The summed E-state index contributed by atoms with van der Waals surface area (Å²) in [6.07, 6.45) is 3.19. The van der Waals surface area contributed by atoms with Gasteiger partial charge < -0.3 is 0 Å². The Hall–Kier alpha value is -0.630. The lowest BCUT2D eigenvalue weighted by Crippen LogP contribution is -2.49. The van der Waals surface area contributed by atoms with Gasteiger partial charge in [0.15, 0.2) is 5.78 Å². The summed E-state index contributed by atoms with van der Waals surface area (Å²) < 4.78 is 0. The Bertz CT molecular complexity index is 192. The molecule has 0 rings (SSSR count). The maximum Gasteiger partial charge on any atom is 0.152 e. The lowest BCUT2D eigenvalue weighted by Gasteiger charge is -2.35. The first-order valence-electron chi connectivity index (χ1n) is 5.39. The van der Waals surface area contributed by atoms with Crippen LogP contribution in [0.5, 0.6) is 0 Å². The third-order valence-corrected chi connectivity index (χ3v) is 2.81. The first-order valence-corrected chi connectivity index (χ1v) is 5.39. The molecule has 0 aliphatic rings. The highest BCUT2D eigenvalue weighted by Crippen LogP contribution is 2.17. The van der Waals surface area contributed by atoms with Crippen molar-refractivity contribution in [2.45, 2.75) is 46.1 Å². The minimum Gasteiger partial charge on any atom is -0.298 e. The van der Waals surface area contributed by atoms with Crippen molar-refractivity contribution in [2.75, 3.05) is 13.1 Å². The van der Waals surface area contributed by atoms with Gasteiger partial charge in [-0.1, -0.05) is 19.9 Å². The van der Waals surface area contributed by atoms with E-state index in [-0.39, 0.29) is 5.54 Å². The summed E-state index contributed by atoms with van der Waals surface area (Å²) in [6, 6.07) is 0. The second-order valence-electron chi connectivity index (χ2n) is 3.98. The second kappa shape index (κ2) is 5.97. The molecule has 0 fully saturated rings. The zero-order chi connectivity index (χ0) is 11.2. The Morgan fingerprint density at radius 2 is 1.86 bits per heavy atom. The molecule has 0 radical (unpaired) electrons. The fourth-order valence-electron chi connectivity index (χ4n) is 1.73. The summed E-state index contributed by atoms with van der Waals surface area (Å²) in [5.41, 5.74) is -0.327. The van der Waals surface area contributed by atoms with Gasteiger partial charge in [0, 0.05) is 6.42 Å². The Kier molecular flexibility index (Phi) is 5.70. The van der Waals surface area contributed by atoms with Crippen LogP contribution in [0.2, 0.25) is 0 Å². The standard InChI is InChI=1S/C12H23NO/c1-6-9-10-11(14)12(4,5)13(7-2)8-3/h6H,1,7-10H2,2-5H3. The van der Waals surface area contributed by atoms with E-state index >= 15 is 0 Å². The van der Waals surface area contributed by atoms with Gasteiger partial charge in [-0.05, 0) is 33.4 Å². The SMILES string of the molecule is C=CCCC(=O)C(C)(C)N(CC)CC. The lowest BCUT2D eigenvalue weighted by atomic mass is 9.93. The molecule has 0 atom stereocenters. The summed E-state index contributed by atoms with van der Waals surface area (Å²) >= 11 is 0. The number of ketones is 1. The number of carbonyl (C=O) groups is 1. The predicted octanol–water partition coefficient (Wildman–Crippen LogP) is 2.64. The molecule has 2 nitrogen and oxygen atoms in total. The van der Waals surface area contributed by atoms with Crippen LogP contribution < -0.4 is 0 Å². The number of hydrogen-bond acceptors (Lipinski definition) is 2. The first-order chi connectivity index (χ1) is 6.50. The highest BCUT2D eigenvalue weighted by atomic mass is 16.1. The van der Waals surface area contributed by atoms with E-state index in [1.165, 1.54) is 0 Å². The van der Waals surface area contributed by atoms with Crippen LogP contribution in [0.1, 0.15) is 40.5 Å². The maximum atomic E-state index is 11.9. The van der Waals surface area contributed by atoms with Gasteiger partial charge in [-0.3, -0.25) is 9.69 Å². The molecule has 0 amide bonds. The van der Waals surface area contributed by atoms with Gasteiger partial charge in [-0.15, -0.1) is 6.58 Å². The largest absolute Gasteiger partial charge is 0.298 e. The van der Waals surface area contributed by atoms with Gasteiger partial charge in [0.25, 0.3) is 0 Å². The minimum atomic E-state index is -0.327. The van der Waals surface area contributed by atoms with Crippen LogP contribution in [0.4, 0.5) is 0 Å². The summed E-state index contributed by atoms with van der Waals surface area (Å²) in [5, 5.41) is 0. The Morgan fingerprint density at radius 1 is 1.36 bits per heavy atom. The molecule has 14 heavy (non-hydrogen) atoms. The Labute approximate surface area is 88.0 Å². The molecule has 82 valence electrons. The zero-order valence-corrected chi connectivity index (χ0v) is 9.97.